The van der Waals surface area contributed by atoms with Crippen LogP contribution in [0.25, 0.3) is 0 Å². The fourth-order valence-electron chi connectivity index (χ4n) is 2.52. The Balaban J connectivity index is 3.18. The minimum atomic E-state index is -0.975. The maximum atomic E-state index is 12.8. The van der Waals surface area contributed by atoms with Crippen LogP contribution in [0.3, 0.4) is 0 Å². The molecule has 12 nitrogen and oxygen atoms in total. The second-order valence-corrected chi connectivity index (χ2v) is 9.69. The van der Waals surface area contributed by atoms with E-state index in [1.165, 1.54) is 13.8 Å². The lowest BCUT2D eigenvalue weighted by Gasteiger charge is -2.15. The zero-order valence-electron chi connectivity index (χ0n) is 19.0. The van der Waals surface area contributed by atoms with E-state index in [0.29, 0.717) is 13.7 Å². The molecule has 1 aromatic rings. The molecule has 3 unspecified atom stereocenters. The standard InChI is InChI=1S/C19H29N3O9S3/c1-11(32)10-14(23)29-7-4-20-17(26)21(5-8-30-15(24)12(2)33)19(28)22(18(20)27)6-9-31-16(25)13(3)34/h11-13,32-34H,4-10H2,1-3H3. The Morgan fingerprint density at radius 1 is 0.676 bits per heavy atom. The number of hydrogen-bond acceptors (Lipinski definition) is 12. The first-order valence-corrected chi connectivity index (χ1v) is 11.9. The molecular formula is C19H29N3O9S3. The number of carbonyl (C=O) groups is 3. The quantitative estimate of drug-likeness (QED) is 0.166. The van der Waals surface area contributed by atoms with Crippen LogP contribution in [0.2, 0.25) is 0 Å². The molecule has 1 heterocycles. The average molecular weight is 540 g/mol. The molecule has 0 spiro atoms. The molecule has 0 amide bonds. The number of thiol groups is 3. The van der Waals surface area contributed by atoms with Crippen LogP contribution in [0.15, 0.2) is 14.4 Å². The fraction of sp³-hybridized carbons (Fsp3) is 0.684. The number of nitrogens with zero attached hydrogens (tertiary/aromatic N) is 3. The number of hydrogen-bond donors (Lipinski definition) is 3. The largest absolute Gasteiger partial charge is 0.464 e. The Bertz CT molecular complexity index is 980. The first kappa shape index (κ1) is 29.9. The van der Waals surface area contributed by atoms with E-state index in [2.05, 4.69) is 37.9 Å². The van der Waals surface area contributed by atoms with Crippen molar-refractivity contribution in [2.75, 3.05) is 19.8 Å². The summed E-state index contributed by atoms with van der Waals surface area (Å²) in [5.41, 5.74) is -2.92. The van der Waals surface area contributed by atoms with E-state index in [1.807, 2.05) is 0 Å². The van der Waals surface area contributed by atoms with Gasteiger partial charge in [-0.25, -0.2) is 28.1 Å². The molecular weight excluding hydrogens is 510 g/mol. The van der Waals surface area contributed by atoms with Gasteiger partial charge in [-0.15, -0.1) is 0 Å². The molecule has 15 heteroatoms. The summed E-state index contributed by atoms with van der Waals surface area (Å²) in [5.74, 6) is -1.86. The monoisotopic (exact) mass is 539 g/mol. The predicted molar refractivity (Wildman–Crippen MR) is 132 cm³/mol. The maximum Gasteiger partial charge on any atom is 0.336 e. The van der Waals surface area contributed by atoms with Gasteiger partial charge in [0.05, 0.1) is 36.6 Å². The van der Waals surface area contributed by atoms with Gasteiger partial charge in [-0.2, -0.15) is 37.9 Å². The second-order valence-electron chi connectivity index (χ2n) is 7.26. The highest BCUT2D eigenvalue weighted by Crippen LogP contribution is 2.01. The molecule has 0 aliphatic carbocycles. The first-order valence-electron chi connectivity index (χ1n) is 10.3. The Morgan fingerprint density at radius 3 is 1.29 bits per heavy atom. The normalized spacial score (nSPS) is 13.6. The Kier molecular flexibility index (Phi) is 12.6. The molecule has 1 aromatic heterocycles. The molecule has 3 atom stereocenters. The molecule has 0 aromatic carbocycles. The van der Waals surface area contributed by atoms with Crippen LogP contribution < -0.4 is 17.1 Å². The lowest BCUT2D eigenvalue weighted by atomic mass is 10.3. The zero-order valence-corrected chi connectivity index (χ0v) is 21.7. The predicted octanol–water partition coefficient (Wildman–Crippen LogP) is -0.854. The highest BCUT2D eigenvalue weighted by Gasteiger charge is 2.18. The molecule has 0 N–H and O–H groups in total. The van der Waals surface area contributed by atoms with Crippen molar-refractivity contribution in [2.45, 2.75) is 62.6 Å². The molecule has 34 heavy (non-hydrogen) atoms. The van der Waals surface area contributed by atoms with Crippen LogP contribution in [0.5, 0.6) is 0 Å². The third-order valence-electron chi connectivity index (χ3n) is 4.23. The Hall–Kier alpha value is -2.13. The van der Waals surface area contributed by atoms with Crippen molar-refractivity contribution in [1.82, 2.24) is 13.7 Å². The van der Waals surface area contributed by atoms with Crippen molar-refractivity contribution in [1.29, 1.82) is 0 Å². The van der Waals surface area contributed by atoms with Gasteiger partial charge in [0, 0.05) is 5.25 Å². The van der Waals surface area contributed by atoms with Gasteiger partial charge >= 0.3 is 35.0 Å². The van der Waals surface area contributed by atoms with Gasteiger partial charge in [-0.1, -0.05) is 6.92 Å². The molecule has 0 saturated carbocycles. The van der Waals surface area contributed by atoms with E-state index in [9.17, 15) is 28.8 Å². The highest BCUT2D eigenvalue weighted by atomic mass is 32.1. The topological polar surface area (TPSA) is 145 Å². The Morgan fingerprint density at radius 2 is 1.00 bits per heavy atom. The zero-order chi connectivity index (χ0) is 26.0. The number of carbonyl (C=O) groups excluding carboxylic acids is 3. The maximum absolute atomic E-state index is 12.8. The van der Waals surface area contributed by atoms with Gasteiger partial charge in [-0.05, 0) is 13.8 Å². The van der Waals surface area contributed by atoms with Gasteiger partial charge in [0.15, 0.2) is 0 Å². The summed E-state index contributed by atoms with van der Waals surface area (Å²) in [4.78, 5) is 73.3. The van der Waals surface area contributed by atoms with Crippen LogP contribution in [0.1, 0.15) is 27.2 Å². The van der Waals surface area contributed by atoms with Gasteiger partial charge < -0.3 is 14.2 Å². The van der Waals surface area contributed by atoms with E-state index in [0.717, 1.165) is 0 Å². The number of esters is 3. The third-order valence-corrected chi connectivity index (χ3v) is 4.83. The molecule has 0 saturated heterocycles. The van der Waals surface area contributed by atoms with Crippen LogP contribution in [0, 0.1) is 0 Å². The van der Waals surface area contributed by atoms with Crippen LogP contribution in [-0.2, 0) is 48.2 Å². The number of rotatable bonds is 13. The summed E-state index contributed by atoms with van der Waals surface area (Å²) in [6.45, 7) is 2.74. The molecule has 1 rings (SSSR count). The summed E-state index contributed by atoms with van der Waals surface area (Å²) >= 11 is 12.0. The Labute approximate surface area is 211 Å². The summed E-state index contributed by atoms with van der Waals surface area (Å²) in [6, 6.07) is 0. The van der Waals surface area contributed by atoms with Gasteiger partial charge in [0.1, 0.15) is 19.8 Å². The second kappa shape index (κ2) is 14.3. The van der Waals surface area contributed by atoms with Crippen molar-refractivity contribution in [3.63, 3.8) is 0 Å². The van der Waals surface area contributed by atoms with Crippen molar-refractivity contribution >= 4 is 55.8 Å². The molecule has 0 fully saturated rings. The molecule has 0 aliphatic rings. The van der Waals surface area contributed by atoms with Crippen molar-refractivity contribution in [3.8, 4) is 0 Å². The first-order chi connectivity index (χ1) is 15.9. The van der Waals surface area contributed by atoms with Crippen LogP contribution >= 0.6 is 37.9 Å². The lowest BCUT2D eigenvalue weighted by Crippen LogP contribution is -2.55. The van der Waals surface area contributed by atoms with E-state index >= 15 is 0 Å². The smallest absolute Gasteiger partial charge is 0.336 e. The van der Waals surface area contributed by atoms with E-state index in [4.69, 9.17) is 14.2 Å². The number of ether oxygens (including phenoxy) is 3. The third kappa shape index (κ3) is 9.25. The van der Waals surface area contributed by atoms with Gasteiger partial charge in [0.2, 0.25) is 0 Å². The van der Waals surface area contributed by atoms with E-state index in [-0.39, 0.29) is 51.1 Å². The van der Waals surface area contributed by atoms with Crippen molar-refractivity contribution in [3.05, 3.63) is 31.5 Å². The number of aromatic nitrogens is 3. The molecule has 192 valence electrons. The summed E-state index contributed by atoms with van der Waals surface area (Å²) in [7, 11) is 0. The highest BCUT2D eigenvalue weighted by molar-refractivity contribution is 7.82. The van der Waals surface area contributed by atoms with Gasteiger partial charge in [0.25, 0.3) is 0 Å². The van der Waals surface area contributed by atoms with Gasteiger partial charge in [-0.3, -0.25) is 14.4 Å². The average Bonchev–Trinajstić information content (AvgIpc) is 2.74. The van der Waals surface area contributed by atoms with Crippen LogP contribution in [-0.4, -0.2) is 67.2 Å². The minimum Gasteiger partial charge on any atom is -0.464 e. The molecule has 0 bridgehead atoms. The van der Waals surface area contributed by atoms with E-state index < -0.39 is 45.5 Å². The van der Waals surface area contributed by atoms with Crippen molar-refractivity contribution in [2.24, 2.45) is 0 Å². The summed E-state index contributed by atoms with van der Waals surface area (Å²) in [6.07, 6.45) is 0.0333. The van der Waals surface area contributed by atoms with E-state index in [1.54, 1.807) is 6.92 Å². The summed E-state index contributed by atoms with van der Waals surface area (Å²) < 4.78 is 17.0. The SMILES string of the molecule is CC(S)CC(=O)OCCn1c(=O)n(CCOC(=O)C(C)S)c(=O)n(CCOC(=O)C(C)S)c1=O. The minimum absolute atomic E-state index is 0.0333. The molecule has 0 radical (unpaired) electrons. The van der Waals surface area contributed by atoms with Crippen molar-refractivity contribution < 1.29 is 28.6 Å². The fourth-order valence-corrected chi connectivity index (χ4v) is 2.82. The lowest BCUT2D eigenvalue weighted by molar-refractivity contribution is -0.144. The summed E-state index contributed by atoms with van der Waals surface area (Å²) in [5, 5.41) is -1.65. The molecule has 0 aliphatic heterocycles. The van der Waals surface area contributed by atoms with Crippen LogP contribution in [0.4, 0.5) is 0 Å².